The minimum atomic E-state index is 0.408. The van der Waals surface area contributed by atoms with E-state index in [1.165, 1.54) is 16.5 Å². The van der Waals surface area contributed by atoms with Crippen LogP contribution in [0.3, 0.4) is 0 Å². The number of aromatic amines is 1. The molecule has 0 fully saturated rings. The molecule has 2 rings (SSSR count). The fourth-order valence-corrected chi connectivity index (χ4v) is 2.22. The Labute approximate surface area is 103 Å². The van der Waals surface area contributed by atoms with Crippen molar-refractivity contribution in [3.63, 3.8) is 0 Å². The number of nitrogens with one attached hydrogen (secondary N) is 2. The van der Waals surface area contributed by atoms with Gasteiger partial charge in [-0.15, -0.1) is 0 Å². The number of hydrogen-bond acceptors (Lipinski definition) is 2. The van der Waals surface area contributed by atoms with Crippen LogP contribution in [0.5, 0.6) is 0 Å². The Hall–Kier alpha value is -1.32. The van der Waals surface area contributed by atoms with Gasteiger partial charge < -0.3 is 15.2 Å². The van der Waals surface area contributed by atoms with E-state index in [9.17, 15) is 0 Å². The second kappa shape index (κ2) is 5.34. The van der Waals surface area contributed by atoms with E-state index in [2.05, 4.69) is 66.7 Å². The van der Waals surface area contributed by atoms with Crippen LogP contribution in [0.25, 0.3) is 10.9 Å². The highest BCUT2D eigenvalue weighted by Crippen LogP contribution is 2.26. The van der Waals surface area contributed by atoms with E-state index in [1.807, 2.05) is 0 Å². The molecule has 1 atom stereocenters. The molecule has 1 aromatic heterocycles. The van der Waals surface area contributed by atoms with Gasteiger partial charge in [0.2, 0.25) is 0 Å². The summed E-state index contributed by atoms with van der Waals surface area (Å²) in [6.07, 6.45) is 2.13. The van der Waals surface area contributed by atoms with E-state index < -0.39 is 0 Å². The number of likely N-dealkylation sites (N-methyl/N-ethyl adjacent to an activating group) is 2. The molecule has 0 saturated carbocycles. The zero-order valence-corrected chi connectivity index (χ0v) is 10.8. The number of para-hydroxylation sites is 1. The monoisotopic (exact) mass is 231 g/mol. The lowest BCUT2D eigenvalue weighted by Gasteiger charge is -2.24. The van der Waals surface area contributed by atoms with Crippen LogP contribution < -0.4 is 5.32 Å². The van der Waals surface area contributed by atoms with Crippen molar-refractivity contribution in [1.82, 2.24) is 15.2 Å². The summed E-state index contributed by atoms with van der Waals surface area (Å²) >= 11 is 0. The maximum atomic E-state index is 3.43. The quantitative estimate of drug-likeness (QED) is 0.828. The molecule has 0 aliphatic rings. The summed E-state index contributed by atoms with van der Waals surface area (Å²) in [5.41, 5.74) is 2.58. The van der Waals surface area contributed by atoms with Gasteiger partial charge in [-0.05, 0) is 32.3 Å². The molecule has 0 aliphatic carbocycles. The standard InChI is InChI=1S/C14H21N3/c1-4-15-10-14(17(2)3)12-9-16-13-8-6-5-7-11(12)13/h5-9,14-16H,4,10H2,1-3H3. The van der Waals surface area contributed by atoms with E-state index in [-0.39, 0.29) is 0 Å². The molecule has 2 aromatic rings. The number of fused-ring (bicyclic) bond motifs is 1. The average molecular weight is 231 g/mol. The minimum Gasteiger partial charge on any atom is -0.361 e. The molecule has 3 heteroatoms. The van der Waals surface area contributed by atoms with Crippen molar-refractivity contribution in [3.05, 3.63) is 36.0 Å². The predicted molar refractivity (Wildman–Crippen MR) is 73.3 cm³/mol. The zero-order valence-electron chi connectivity index (χ0n) is 10.8. The molecule has 3 nitrogen and oxygen atoms in total. The smallest absolute Gasteiger partial charge is 0.0488 e. The molecule has 92 valence electrons. The minimum absolute atomic E-state index is 0.408. The maximum Gasteiger partial charge on any atom is 0.0488 e. The first-order valence-electron chi connectivity index (χ1n) is 6.17. The first-order chi connectivity index (χ1) is 8.24. The summed E-state index contributed by atoms with van der Waals surface area (Å²) in [7, 11) is 4.26. The first-order valence-corrected chi connectivity index (χ1v) is 6.17. The van der Waals surface area contributed by atoms with Crippen molar-refractivity contribution in [3.8, 4) is 0 Å². The molecule has 17 heavy (non-hydrogen) atoms. The van der Waals surface area contributed by atoms with E-state index >= 15 is 0 Å². The van der Waals surface area contributed by atoms with E-state index in [1.54, 1.807) is 0 Å². The van der Waals surface area contributed by atoms with Gasteiger partial charge in [-0.1, -0.05) is 25.1 Å². The molecule has 0 aliphatic heterocycles. The summed E-state index contributed by atoms with van der Waals surface area (Å²) in [5, 5.41) is 4.75. The van der Waals surface area contributed by atoms with Gasteiger partial charge in [0.15, 0.2) is 0 Å². The SMILES string of the molecule is CCNCC(c1c[nH]c2ccccc12)N(C)C. The third-order valence-corrected chi connectivity index (χ3v) is 3.19. The van der Waals surface area contributed by atoms with Crippen LogP contribution in [0.4, 0.5) is 0 Å². The summed E-state index contributed by atoms with van der Waals surface area (Å²) in [6.45, 7) is 4.12. The number of benzene rings is 1. The lowest BCUT2D eigenvalue weighted by atomic mass is 10.0. The number of H-pyrrole nitrogens is 1. The Kier molecular flexibility index (Phi) is 3.82. The Balaban J connectivity index is 2.34. The highest BCUT2D eigenvalue weighted by atomic mass is 15.1. The maximum absolute atomic E-state index is 3.43. The molecule has 0 spiro atoms. The topological polar surface area (TPSA) is 31.1 Å². The average Bonchev–Trinajstić information content (AvgIpc) is 2.73. The van der Waals surface area contributed by atoms with Crippen molar-refractivity contribution in [1.29, 1.82) is 0 Å². The molecule has 1 aromatic carbocycles. The third-order valence-electron chi connectivity index (χ3n) is 3.19. The van der Waals surface area contributed by atoms with E-state index in [4.69, 9.17) is 0 Å². The second-order valence-electron chi connectivity index (χ2n) is 4.58. The van der Waals surface area contributed by atoms with Crippen LogP contribution >= 0.6 is 0 Å². The van der Waals surface area contributed by atoms with Gasteiger partial charge in [-0.2, -0.15) is 0 Å². The van der Waals surface area contributed by atoms with Gasteiger partial charge in [0, 0.05) is 29.7 Å². The summed E-state index contributed by atoms with van der Waals surface area (Å²) < 4.78 is 0. The third kappa shape index (κ3) is 2.51. The van der Waals surface area contributed by atoms with Crippen LogP contribution in [0, 0.1) is 0 Å². The van der Waals surface area contributed by atoms with Gasteiger partial charge in [-0.25, -0.2) is 0 Å². The van der Waals surface area contributed by atoms with Crippen LogP contribution in [-0.4, -0.2) is 37.1 Å². The van der Waals surface area contributed by atoms with Crippen LogP contribution in [0.2, 0.25) is 0 Å². The zero-order chi connectivity index (χ0) is 12.3. The van der Waals surface area contributed by atoms with Crippen molar-refractivity contribution < 1.29 is 0 Å². The van der Waals surface area contributed by atoms with Gasteiger partial charge >= 0.3 is 0 Å². The number of aromatic nitrogens is 1. The number of hydrogen-bond donors (Lipinski definition) is 2. The molecule has 1 heterocycles. The highest BCUT2D eigenvalue weighted by molar-refractivity contribution is 5.83. The predicted octanol–water partition coefficient (Wildman–Crippen LogP) is 2.38. The van der Waals surface area contributed by atoms with Gasteiger partial charge in [0.25, 0.3) is 0 Å². The Bertz CT molecular complexity index is 473. The van der Waals surface area contributed by atoms with Crippen LogP contribution in [0.15, 0.2) is 30.5 Å². The molecule has 0 radical (unpaired) electrons. The Morgan fingerprint density at radius 2 is 2.06 bits per heavy atom. The molecular weight excluding hydrogens is 210 g/mol. The fraction of sp³-hybridized carbons (Fsp3) is 0.429. The van der Waals surface area contributed by atoms with Crippen LogP contribution in [0.1, 0.15) is 18.5 Å². The van der Waals surface area contributed by atoms with Crippen molar-refractivity contribution >= 4 is 10.9 Å². The molecular formula is C14H21N3. The van der Waals surface area contributed by atoms with Gasteiger partial charge in [0.1, 0.15) is 0 Å². The first kappa shape index (κ1) is 12.1. The fourth-order valence-electron chi connectivity index (χ4n) is 2.22. The summed E-state index contributed by atoms with van der Waals surface area (Å²) in [5.74, 6) is 0. The van der Waals surface area contributed by atoms with Gasteiger partial charge in [-0.3, -0.25) is 0 Å². The highest BCUT2D eigenvalue weighted by Gasteiger charge is 2.16. The van der Waals surface area contributed by atoms with E-state index in [0.717, 1.165) is 13.1 Å². The van der Waals surface area contributed by atoms with Crippen molar-refractivity contribution in [2.45, 2.75) is 13.0 Å². The molecule has 2 N–H and O–H groups in total. The van der Waals surface area contributed by atoms with Crippen LogP contribution in [-0.2, 0) is 0 Å². The van der Waals surface area contributed by atoms with Gasteiger partial charge in [0.05, 0.1) is 0 Å². The van der Waals surface area contributed by atoms with Crippen molar-refractivity contribution in [2.75, 3.05) is 27.2 Å². The second-order valence-corrected chi connectivity index (χ2v) is 4.58. The molecule has 0 saturated heterocycles. The Morgan fingerprint density at radius 1 is 1.29 bits per heavy atom. The molecule has 0 bridgehead atoms. The number of nitrogens with zero attached hydrogens (tertiary/aromatic N) is 1. The largest absolute Gasteiger partial charge is 0.361 e. The van der Waals surface area contributed by atoms with E-state index in [0.29, 0.717) is 6.04 Å². The molecule has 1 unspecified atom stereocenters. The lowest BCUT2D eigenvalue weighted by Crippen LogP contribution is -2.30. The summed E-state index contributed by atoms with van der Waals surface area (Å²) in [6, 6.07) is 8.88. The van der Waals surface area contributed by atoms with Crippen molar-refractivity contribution in [2.24, 2.45) is 0 Å². The Morgan fingerprint density at radius 3 is 2.76 bits per heavy atom. The molecule has 0 amide bonds. The lowest BCUT2D eigenvalue weighted by molar-refractivity contribution is 0.292. The number of rotatable bonds is 5. The normalized spacial score (nSPS) is 13.4. The summed E-state index contributed by atoms with van der Waals surface area (Å²) in [4.78, 5) is 5.61.